The van der Waals surface area contributed by atoms with E-state index in [1.54, 1.807) is 33.5 Å². The highest BCUT2D eigenvalue weighted by atomic mass is 16.5. The summed E-state index contributed by atoms with van der Waals surface area (Å²) in [5, 5.41) is 10.2. The lowest BCUT2D eigenvalue weighted by atomic mass is 9.92. The molecule has 0 unspecified atom stereocenters. The number of fused-ring (bicyclic) bond motifs is 1. The number of hydrogen-bond acceptors (Lipinski definition) is 5. The maximum Gasteiger partial charge on any atom is 0.203 e. The van der Waals surface area contributed by atoms with Crippen molar-refractivity contribution in [2.45, 2.75) is 19.3 Å². The number of benzene rings is 2. The minimum atomic E-state index is 0.115. The number of allylic oxidation sites excluding steroid dienone is 1. The van der Waals surface area contributed by atoms with E-state index in [9.17, 15) is 5.11 Å². The molecule has 138 valence electrons. The van der Waals surface area contributed by atoms with E-state index < -0.39 is 0 Å². The Morgan fingerprint density at radius 2 is 1.58 bits per heavy atom. The zero-order valence-electron chi connectivity index (χ0n) is 15.6. The van der Waals surface area contributed by atoms with Crippen LogP contribution in [0.4, 0.5) is 0 Å². The number of rotatable bonds is 5. The van der Waals surface area contributed by atoms with Gasteiger partial charge in [-0.15, -0.1) is 0 Å². The molecule has 0 radical (unpaired) electrons. The summed E-state index contributed by atoms with van der Waals surface area (Å²) in [6.45, 7) is 0. The first-order valence-electron chi connectivity index (χ1n) is 8.54. The van der Waals surface area contributed by atoms with Crippen LogP contribution in [-0.2, 0) is 6.42 Å². The van der Waals surface area contributed by atoms with Gasteiger partial charge in [0.15, 0.2) is 23.0 Å². The molecule has 0 saturated heterocycles. The fraction of sp³-hybridized carbons (Fsp3) is 0.333. The van der Waals surface area contributed by atoms with E-state index in [4.69, 9.17) is 18.9 Å². The van der Waals surface area contributed by atoms with Crippen molar-refractivity contribution in [1.29, 1.82) is 0 Å². The lowest BCUT2D eigenvalue weighted by Crippen LogP contribution is -2.03. The Bertz CT molecular complexity index is 839. The molecular formula is C21H24O5. The van der Waals surface area contributed by atoms with Crippen molar-refractivity contribution in [2.24, 2.45) is 0 Å². The van der Waals surface area contributed by atoms with Gasteiger partial charge >= 0.3 is 0 Å². The largest absolute Gasteiger partial charge is 0.504 e. The van der Waals surface area contributed by atoms with Crippen molar-refractivity contribution in [1.82, 2.24) is 0 Å². The van der Waals surface area contributed by atoms with Crippen molar-refractivity contribution in [3.8, 4) is 28.7 Å². The van der Waals surface area contributed by atoms with Crippen molar-refractivity contribution in [3.05, 3.63) is 47.0 Å². The zero-order valence-corrected chi connectivity index (χ0v) is 15.6. The fourth-order valence-corrected chi connectivity index (χ4v) is 3.47. The van der Waals surface area contributed by atoms with Crippen molar-refractivity contribution in [3.63, 3.8) is 0 Å². The van der Waals surface area contributed by atoms with Crippen molar-refractivity contribution in [2.75, 3.05) is 28.4 Å². The summed E-state index contributed by atoms with van der Waals surface area (Å²) in [5.41, 5.74) is 4.07. The van der Waals surface area contributed by atoms with E-state index in [2.05, 4.69) is 6.08 Å². The van der Waals surface area contributed by atoms with Crippen LogP contribution in [-0.4, -0.2) is 33.5 Å². The van der Waals surface area contributed by atoms with E-state index >= 15 is 0 Å². The highest BCUT2D eigenvalue weighted by molar-refractivity contribution is 5.85. The van der Waals surface area contributed by atoms with Crippen LogP contribution in [0, 0.1) is 0 Å². The molecule has 0 saturated carbocycles. The summed E-state index contributed by atoms with van der Waals surface area (Å²) in [6.07, 6.45) is 5.01. The molecular weight excluding hydrogens is 332 g/mol. The molecule has 0 aliphatic heterocycles. The van der Waals surface area contributed by atoms with Crippen molar-refractivity contribution < 1.29 is 24.1 Å². The lowest BCUT2D eigenvalue weighted by Gasteiger charge is -2.20. The Morgan fingerprint density at radius 3 is 2.19 bits per heavy atom. The number of phenols is 1. The molecule has 0 bridgehead atoms. The Morgan fingerprint density at radius 1 is 0.846 bits per heavy atom. The molecule has 0 heterocycles. The quantitative estimate of drug-likeness (QED) is 0.870. The second-order valence-corrected chi connectivity index (χ2v) is 6.07. The van der Waals surface area contributed by atoms with Crippen LogP contribution in [0.1, 0.15) is 29.5 Å². The van der Waals surface area contributed by atoms with Crippen molar-refractivity contribution >= 4 is 5.57 Å². The van der Waals surface area contributed by atoms with Gasteiger partial charge in [-0.3, -0.25) is 0 Å². The number of ether oxygens (including phenoxy) is 4. The molecule has 1 aliphatic carbocycles. The van der Waals surface area contributed by atoms with Gasteiger partial charge in [-0.2, -0.15) is 0 Å². The van der Waals surface area contributed by atoms with E-state index in [0.717, 1.165) is 41.5 Å². The average molecular weight is 356 g/mol. The molecule has 0 aromatic heterocycles. The van der Waals surface area contributed by atoms with Gasteiger partial charge in [0.2, 0.25) is 5.75 Å². The van der Waals surface area contributed by atoms with Crippen LogP contribution in [0.15, 0.2) is 30.3 Å². The summed E-state index contributed by atoms with van der Waals surface area (Å²) in [6, 6.07) is 7.43. The maximum absolute atomic E-state index is 10.2. The molecule has 0 spiro atoms. The highest BCUT2D eigenvalue weighted by Crippen LogP contribution is 2.47. The Labute approximate surface area is 153 Å². The van der Waals surface area contributed by atoms with Gasteiger partial charge in [-0.1, -0.05) is 12.1 Å². The Hall–Kier alpha value is -2.82. The van der Waals surface area contributed by atoms with E-state index in [1.807, 2.05) is 12.1 Å². The van der Waals surface area contributed by atoms with E-state index in [1.165, 1.54) is 7.11 Å². The van der Waals surface area contributed by atoms with Crippen LogP contribution in [0.5, 0.6) is 28.7 Å². The molecule has 3 rings (SSSR count). The summed E-state index contributed by atoms with van der Waals surface area (Å²) in [4.78, 5) is 0. The first-order chi connectivity index (χ1) is 12.6. The molecule has 0 fully saturated rings. The zero-order chi connectivity index (χ0) is 18.7. The first-order valence-corrected chi connectivity index (χ1v) is 8.54. The summed E-state index contributed by atoms with van der Waals surface area (Å²) >= 11 is 0. The van der Waals surface area contributed by atoms with Crippen LogP contribution < -0.4 is 18.9 Å². The van der Waals surface area contributed by atoms with Gasteiger partial charge in [0.05, 0.1) is 28.4 Å². The standard InChI is InChI=1S/C21H24O5/c1-23-18-10-9-13(11-17(18)22)14-7-5-6-8-15-16(14)12-19(24-2)21(26-4)20(15)25-3/h7,9-12,22H,5-6,8H2,1-4H3. The molecule has 0 amide bonds. The molecule has 5 heteroatoms. The smallest absolute Gasteiger partial charge is 0.203 e. The van der Waals surface area contributed by atoms with Gasteiger partial charge in [-0.05, 0) is 54.2 Å². The second-order valence-electron chi connectivity index (χ2n) is 6.07. The molecule has 1 aliphatic rings. The molecule has 0 atom stereocenters. The predicted molar refractivity (Wildman–Crippen MR) is 101 cm³/mol. The third kappa shape index (κ3) is 3.05. The Kier molecular flexibility index (Phi) is 5.26. The summed E-state index contributed by atoms with van der Waals surface area (Å²) in [7, 11) is 6.41. The summed E-state index contributed by atoms with van der Waals surface area (Å²) in [5.74, 6) is 2.49. The normalized spacial score (nSPS) is 13.3. The second kappa shape index (κ2) is 7.60. The number of aromatic hydroxyl groups is 1. The van der Waals surface area contributed by atoms with Gasteiger partial charge in [0.1, 0.15) is 0 Å². The number of methoxy groups -OCH3 is 4. The molecule has 5 nitrogen and oxygen atoms in total. The first kappa shape index (κ1) is 18.0. The van der Waals surface area contributed by atoms with Crippen LogP contribution in [0.2, 0.25) is 0 Å². The predicted octanol–water partition coefficient (Wildman–Crippen LogP) is 4.19. The molecule has 1 N–H and O–H groups in total. The number of hydrogen-bond donors (Lipinski definition) is 1. The fourth-order valence-electron chi connectivity index (χ4n) is 3.47. The van der Waals surface area contributed by atoms with Crippen LogP contribution in [0.3, 0.4) is 0 Å². The van der Waals surface area contributed by atoms with E-state index in [-0.39, 0.29) is 5.75 Å². The lowest BCUT2D eigenvalue weighted by molar-refractivity contribution is 0.322. The van der Waals surface area contributed by atoms with Crippen LogP contribution in [0.25, 0.3) is 5.57 Å². The van der Waals surface area contributed by atoms with E-state index in [0.29, 0.717) is 23.0 Å². The average Bonchev–Trinajstić information content (AvgIpc) is 2.88. The topological polar surface area (TPSA) is 57.2 Å². The summed E-state index contributed by atoms with van der Waals surface area (Å²) < 4.78 is 21.9. The minimum Gasteiger partial charge on any atom is -0.504 e. The van der Waals surface area contributed by atoms with Gasteiger partial charge in [0.25, 0.3) is 0 Å². The monoisotopic (exact) mass is 356 g/mol. The molecule has 2 aromatic carbocycles. The van der Waals surface area contributed by atoms with Gasteiger partial charge in [-0.25, -0.2) is 0 Å². The third-order valence-corrected chi connectivity index (χ3v) is 4.69. The SMILES string of the molecule is COc1ccc(C2=CCCCc3c2cc(OC)c(OC)c3OC)cc1O. The number of phenolic OH excluding ortho intramolecular Hbond substituents is 1. The van der Waals surface area contributed by atoms with Gasteiger partial charge in [0, 0.05) is 5.56 Å². The maximum atomic E-state index is 10.2. The minimum absolute atomic E-state index is 0.115. The molecule has 2 aromatic rings. The Balaban J connectivity index is 2.22. The van der Waals surface area contributed by atoms with Gasteiger partial charge < -0.3 is 24.1 Å². The van der Waals surface area contributed by atoms with Crippen LogP contribution >= 0.6 is 0 Å². The highest BCUT2D eigenvalue weighted by Gasteiger charge is 2.24. The molecule has 26 heavy (non-hydrogen) atoms. The third-order valence-electron chi connectivity index (χ3n) is 4.69.